The Balaban J connectivity index is 1.91. The summed E-state index contributed by atoms with van der Waals surface area (Å²) in [4.78, 5) is 34.3. The summed E-state index contributed by atoms with van der Waals surface area (Å²) in [5.41, 5.74) is 7.92. The van der Waals surface area contributed by atoms with E-state index in [1.54, 1.807) is 23.5 Å². The number of para-hydroxylation sites is 1. The van der Waals surface area contributed by atoms with Gasteiger partial charge in [0.2, 0.25) is 5.91 Å². The summed E-state index contributed by atoms with van der Waals surface area (Å²) in [6, 6.07) is 11.4. The standard InChI is InChI=1S/C19H21N5O2/c1-13(2)23(9-8-17(20)25)19(26)14-10-16-18(21-11-14)24(12-22-16)15-6-4-3-5-7-15/h3-7,10-13H,8-9H2,1-2H3,(H2,20,25). The number of primary amides is 1. The van der Waals surface area contributed by atoms with E-state index in [9.17, 15) is 9.59 Å². The third-order valence-electron chi connectivity index (χ3n) is 4.15. The number of carbonyl (C=O) groups excluding carboxylic acids is 2. The molecule has 7 heteroatoms. The maximum atomic E-state index is 12.8. The minimum atomic E-state index is -0.432. The number of hydrogen-bond donors (Lipinski definition) is 1. The summed E-state index contributed by atoms with van der Waals surface area (Å²) >= 11 is 0. The Labute approximate surface area is 151 Å². The molecular weight excluding hydrogens is 330 g/mol. The van der Waals surface area contributed by atoms with Crippen LogP contribution in [-0.4, -0.2) is 43.8 Å². The molecule has 1 aromatic carbocycles. The summed E-state index contributed by atoms with van der Waals surface area (Å²) in [7, 11) is 0. The van der Waals surface area contributed by atoms with Gasteiger partial charge in [0, 0.05) is 30.9 Å². The molecule has 2 amide bonds. The smallest absolute Gasteiger partial charge is 0.255 e. The van der Waals surface area contributed by atoms with Gasteiger partial charge in [-0.1, -0.05) is 18.2 Å². The lowest BCUT2D eigenvalue weighted by molar-refractivity contribution is -0.118. The molecule has 0 spiro atoms. The molecule has 0 saturated carbocycles. The van der Waals surface area contributed by atoms with E-state index in [-0.39, 0.29) is 24.9 Å². The fourth-order valence-electron chi connectivity index (χ4n) is 2.79. The molecule has 0 fully saturated rings. The first kappa shape index (κ1) is 17.6. The maximum absolute atomic E-state index is 12.8. The summed E-state index contributed by atoms with van der Waals surface area (Å²) in [6.07, 6.45) is 3.36. The average molecular weight is 351 g/mol. The molecule has 2 heterocycles. The zero-order valence-electron chi connectivity index (χ0n) is 14.8. The first-order valence-electron chi connectivity index (χ1n) is 8.45. The Morgan fingerprint density at radius 2 is 1.92 bits per heavy atom. The lowest BCUT2D eigenvalue weighted by atomic mass is 10.2. The van der Waals surface area contributed by atoms with Gasteiger partial charge in [-0.05, 0) is 32.0 Å². The van der Waals surface area contributed by atoms with Crippen molar-refractivity contribution in [2.45, 2.75) is 26.3 Å². The number of pyridine rings is 1. The molecule has 0 bridgehead atoms. The van der Waals surface area contributed by atoms with Crippen LogP contribution in [0.25, 0.3) is 16.9 Å². The Kier molecular flexibility index (Phi) is 4.97. The van der Waals surface area contributed by atoms with Crippen molar-refractivity contribution in [3.63, 3.8) is 0 Å². The third kappa shape index (κ3) is 3.56. The van der Waals surface area contributed by atoms with Gasteiger partial charge < -0.3 is 10.6 Å². The predicted molar refractivity (Wildman–Crippen MR) is 98.8 cm³/mol. The highest BCUT2D eigenvalue weighted by Gasteiger charge is 2.20. The summed E-state index contributed by atoms with van der Waals surface area (Å²) in [5, 5.41) is 0. The molecule has 7 nitrogen and oxygen atoms in total. The molecule has 134 valence electrons. The SMILES string of the molecule is CC(C)N(CCC(N)=O)C(=O)c1cnc2c(c1)ncn2-c1ccccc1. The number of aromatic nitrogens is 3. The summed E-state index contributed by atoms with van der Waals surface area (Å²) in [6.45, 7) is 4.08. The average Bonchev–Trinajstić information content (AvgIpc) is 3.05. The number of carbonyl (C=O) groups is 2. The molecule has 3 rings (SSSR count). The van der Waals surface area contributed by atoms with Crippen molar-refractivity contribution in [3.05, 3.63) is 54.5 Å². The predicted octanol–water partition coefficient (Wildman–Crippen LogP) is 2.15. The zero-order valence-corrected chi connectivity index (χ0v) is 14.8. The molecule has 0 atom stereocenters. The molecule has 0 unspecified atom stereocenters. The van der Waals surface area contributed by atoms with Crippen LogP contribution in [0.1, 0.15) is 30.6 Å². The van der Waals surface area contributed by atoms with E-state index in [4.69, 9.17) is 5.73 Å². The molecule has 2 N–H and O–H groups in total. The Morgan fingerprint density at radius 1 is 1.19 bits per heavy atom. The van der Waals surface area contributed by atoms with Gasteiger partial charge in [0.1, 0.15) is 11.8 Å². The fraction of sp³-hybridized carbons (Fsp3) is 0.263. The van der Waals surface area contributed by atoms with Crippen molar-refractivity contribution in [1.82, 2.24) is 19.4 Å². The van der Waals surface area contributed by atoms with Crippen LogP contribution in [0.15, 0.2) is 48.9 Å². The van der Waals surface area contributed by atoms with Crippen molar-refractivity contribution in [1.29, 1.82) is 0 Å². The second kappa shape index (κ2) is 7.35. The number of amides is 2. The van der Waals surface area contributed by atoms with Crippen LogP contribution in [0.5, 0.6) is 0 Å². The van der Waals surface area contributed by atoms with Gasteiger partial charge in [0.15, 0.2) is 5.65 Å². The number of imidazole rings is 1. The monoisotopic (exact) mass is 351 g/mol. The summed E-state index contributed by atoms with van der Waals surface area (Å²) in [5.74, 6) is -0.622. The van der Waals surface area contributed by atoms with Crippen LogP contribution < -0.4 is 5.73 Å². The van der Waals surface area contributed by atoms with Crippen LogP contribution >= 0.6 is 0 Å². The van der Waals surface area contributed by atoms with E-state index in [1.807, 2.05) is 48.7 Å². The maximum Gasteiger partial charge on any atom is 0.255 e. The zero-order chi connectivity index (χ0) is 18.7. The van der Waals surface area contributed by atoms with Crippen LogP contribution in [-0.2, 0) is 4.79 Å². The highest BCUT2D eigenvalue weighted by atomic mass is 16.2. The first-order chi connectivity index (χ1) is 12.5. The van der Waals surface area contributed by atoms with Crippen LogP contribution in [0, 0.1) is 0 Å². The number of benzene rings is 1. The minimum absolute atomic E-state index is 0.0561. The van der Waals surface area contributed by atoms with E-state index < -0.39 is 5.91 Å². The van der Waals surface area contributed by atoms with Crippen LogP contribution in [0.2, 0.25) is 0 Å². The van der Waals surface area contributed by atoms with Gasteiger partial charge >= 0.3 is 0 Å². The summed E-state index contributed by atoms with van der Waals surface area (Å²) < 4.78 is 1.87. The molecular formula is C19H21N5O2. The highest BCUT2D eigenvalue weighted by molar-refractivity contribution is 5.96. The molecule has 0 aliphatic carbocycles. The molecule has 0 aliphatic heterocycles. The topological polar surface area (TPSA) is 94.1 Å². The van der Waals surface area contributed by atoms with Gasteiger partial charge in [-0.15, -0.1) is 0 Å². The molecule has 2 aromatic heterocycles. The molecule has 0 radical (unpaired) electrons. The lowest BCUT2D eigenvalue weighted by Crippen LogP contribution is -2.39. The van der Waals surface area contributed by atoms with Gasteiger partial charge in [-0.25, -0.2) is 9.97 Å². The van der Waals surface area contributed by atoms with Gasteiger partial charge in [0.25, 0.3) is 5.91 Å². The van der Waals surface area contributed by atoms with Crippen molar-refractivity contribution in [2.24, 2.45) is 5.73 Å². The van der Waals surface area contributed by atoms with E-state index in [0.717, 1.165) is 5.69 Å². The van der Waals surface area contributed by atoms with Gasteiger partial charge in [-0.3, -0.25) is 14.2 Å². The Hall–Kier alpha value is -3.22. The van der Waals surface area contributed by atoms with Crippen molar-refractivity contribution in [2.75, 3.05) is 6.54 Å². The number of nitrogens with two attached hydrogens (primary N) is 1. The van der Waals surface area contributed by atoms with Crippen LogP contribution in [0.3, 0.4) is 0 Å². The third-order valence-corrected chi connectivity index (χ3v) is 4.15. The van der Waals surface area contributed by atoms with Crippen molar-refractivity contribution in [3.8, 4) is 5.69 Å². The van der Waals surface area contributed by atoms with Crippen molar-refractivity contribution >= 4 is 23.0 Å². The van der Waals surface area contributed by atoms with Gasteiger partial charge in [0.05, 0.1) is 5.56 Å². The number of nitrogens with zero attached hydrogens (tertiary/aromatic N) is 4. The quantitative estimate of drug-likeness (QED) is 0.736. The number of fused-ring (bicyclic) bond motifs is 1. The largest absolute Gasteiger partial charge is 0.370 e. The van der Waals surface area contributed by atoms with Crippen LogP contribution in [0.4, 0.5) is 0 Å². The Morgan fingerprint density at radius 3 is 2.58 bits per heavy atom. The molecule has 3 aromatic rings. The number of rotatable bonds is 6. The minimum Gasteiger partial charge on any atom is -0.370 e. The molecule has 0 aliphatic rings. The lowest BCUT2D eigenvalue weighted by Gasteiger charge is -2.26. The van der Waals surface area contributed by atoms with E-state index >= 15 is 0 Å². The first-order valence-corrected chi connectivity index (χ1v) is 8.45. The normalized spacial score (nSPS) is 11.0. The fourth-order valence-corrected chi connectivity index (χ4v) is 2.79. The highest BCUT2D eigenvalue weighted by Crippen LogP contribution is 2.18. The van der Waals surface area contributed by atoms with E-state index in [0.29, 0.717) is 16.7 Å². The Bertz CT molecular complexity index is 934. The molecule has 26 heavy (non-hydrogen) atoms. The van der Waals surface area contributed by atoms with E-state index in [2.05, 4.69) is 9.97 Å². The van der Waals surface area contributed by atoms with Gasteiger partial charge in [-0.2, -0.15) is 0 Å². The van der Waals surface area contributed by atoms with Crippen molar-refractivity contribution < 1.29 is 9.59 Å². The molecule has 0 saturated heterocycles. The van der Waals surface area contributed by atoms with E-state index in [1.165, 1.54) is 0 Å². The second-order valence-corrected chi connectivity index (χ2v) is 6.33. The second-order valence-electron chi connectivity index (χ2n) is 6.33. The number of hydrogen-bond acceptors (Lipinski definition) is 4.